The van der Waals surface area contributed by atoms with E-state index < -0.39 is 0 Å². The summed E-state index contributed by atoms with van der Waals surface area (Å²) in [4.78, 5) is 2.46. The molecule has 0 aromatic carbocycles. The highest BCUT2D eigenvalue weighted by molar-refractivity contribution is 14.0. The van der Waals surface area contributed by atoms with E-state index in [1.54, 1.807) is 0 Å². The summed E-state index contributed by atoms with van der Waals surface area (Å²) in [6.45, 7) is 4.59. The summed E-state index contributed by atoms with van der Waals surface area (Å²) in [6.07, 6.45) is 21.4. The molecule has 0 aromatic rings. The van der Waals surface area contributed by atoms with E-state index in [9.17, 15) is 0 Å². The van der Waals surface area contributed by atoms with Gasteiger partial charge in [-0.05, 0) is 26.9 Å². The Morgan fingerprint density at radius 1 is 0.545 bits per heavy atom. The molecule has 0 amide bonds. The Labute approximate surface area is 159 Å². The van der Waals surface area contributed by atoms with Gasteiger partial charge in [-0.15, -0.1) is 24.0 Å². The smallest absolute Gasteiger partial charge is 0.00891 e. The van der Waals surface area contributed by atoms with Crippen LogP contribution in [0.25, 0.3) is 0 Å². The number of hydrogen-bond acceptors (Lipinski definition) is 1. The second-order valence-electron chi connectivity index (χ2n) is 7.08. The summed E-state index contributed by atoms with van der Waals surface area (Å²) in [5, 5.41) is 0. The van der Waals surface area contributed by atoms with E-state index >= 15 is 0 Å². The fourth-order valence-corrected chi connectivity index (χ4v) is 3.16. The molecule has 0 aliphatic carbocycles. The van der Waals surface area contributed by atoms with Gasteiger partial charge in [-0.1, -0.05) is 97.3 Å². The molecule has 0 fully saturated rings. The number of unbranched alkanes of at least 4 members (excludes halogenated alkanes) is 11. The highest BCUT2D eigenvalue weighted by Gasteiger charge is 2.10. The van der Waals surface area contributed by atoms with Crippen molar-refractivity contribution < 1.29 is 0 Å². The molecule has 0 N–H and O–H groups in total. The van der Waals surface area contributed by atoms with Crippen LogP contribution < -0.4 is 0 Å². The monoisotopic (exact) mass is 425 g/mol. The molecule has 0 aliphatic rings. The van der Waals surface area contributed by atoms with Crippen LogP contribution in [-0.2, 0) is 0 Å². The SMILES string of the molecule is CCCCCCCCCC(CCCCCCCC)N(C)C.I. The first kappa shape index (κ1) is 24.9. The Morgan fingerprint density at radius 2 is 0.864 bits per heavy atom. The lowest BCUT2D eigenvalue weighted by atomic mass is 9.99. The molecule has 1 unspecified atom stereocenters. The zero-order valence-corrected chi connectivity index (χ0v) is 18.4. The summed E-state index contributed by atoms with van der Waals surface area (Å²) < 4.78 is 0. The summed E-state index contributed by atoms with van der Waals surface area (Å²) in [7, 11) is 4.53. The predicted molar refractivity (Wildman–Crippen MR) is 113 cm³/mol. The molecule has 1 atom stereocenters. The third-order valence-corrected chi connectivity index (χ3v) is 4.76. The van der Waals surface area contributed by atoms with E-state index in [-0.39, 0.29) is 24.0 Å². The molecular weight excluding hydrogens is 381 g/mol. The van der Waals surface area contributed by atoms with Crippen molar-refractivity contribution in [3.63, 3.8) is 0 Å². The average molecular weight is 425 g/mol. The van der Waals surface area contributed by atoms with Crippen LogP contribution in [0.15, 0.2) is 0 Å². The number of halogens is 1. The van der Waals surface area contributed by atoms with Gasteiger partial charge in [0.1, 0.15) is 0 Å². The van der Waals surface area contributed by atoms with Crippen LogP contribution in [0, 0.1) is 0 Å². The number of nitrogens with zero attached hydrogens (tertiary/aromatic N) is 1. The number of rotatable bonds is 16. The van der Waals surface area contributed by atoms with Crippen molar-refractivity contribution in [3.8, 4) is 0 Å². The van der Waals surface area contributed by atoms with Crippen molar-refractivity contribution in [1.82, 2.24) is 4.90 Å². The Kier molecular flexibility index (Phi) is 22.4. The van der Waals surface area contributed by atoms with E-state index in [0.29, 0.717) is 0 Å². The lowest BCUT2D eigenvalue weighted by Crippen LogP contribution is -2.27. The fourth-order valence-electron chi connectivity index (χ4n) is 3.16. The first-order valence-corrected chi connectivity index (χ1v) is 9.88. The second kappa shape index (κ2) is 19.7. The van der Waals surface area contributed by atoms with Gasteiger partial charge in [0.05, 0.1) is 0 Å². The summed E-state index contributed by atoms with van der Waals surface area (Å²) >= 11 is 0. The maximum Gasteiger partial charge on any atom is 0.00891 e. The Hall–Kier alpha value is 0.690. The molecule has 22 heavy (non-hydrogen) atoms. The van der Waals surface area contributed by atoms with E-state index in [0.717, 1.165) is 6.04 Å². The van der Waals surface area contributed by atoms with Crippen LogP contribution in [0.4, 0.5) is 0 Å². The molecule has 0 rings (SSSR count). The highest BCUT2D eigenvalue weighted by Crippen LogP contribution is 2.17. The maximum absolute atomic E-state index is 2.46. The van der Waals surface area contributed by atoms with E-state index in [4.69, 9.17) is 0 Å². The quantitative estimate of drug-likeness (QED) is 0.184. The Morgan fingerprint density at radius 3 is 1.18 bits per heavy atom. The van der Waals surface area contributed by atoms with Gasteiger partial charge >= 0.3 is 0 Å². The zero-order valence-electron chi connectivity index (χ0n) is 16.0. The lowest BCUT2D eigenvalue weighted by Gasteiger charge is -2.24. The summed E-state index contributed by atoms with van der Waals surface area (Å²) in [6, 6.07) is 0.826. The van der Waals surface area contributed by atoms with Crippen molar-refractivity contribution in [2.75, 3.05) is 14.1 Å². The van der Waals surface area contributed by atoms with Crippen LogP contribution in [0.1, 0.15) is 110 Å². The lowest BCUT2D eigenvalue weighted by molar-refractivity contribution is 0.251. The van der Waals surface area contributed by atoms with Crippen molar-refractivity contribution in [2.45, 2.75) is 116 Å². The minimum absolute atomic E-state index is 0. The minimum Gasteiger partial charge on any atom is -0.306 e. The molecule has 0 aliphatic heterocycles. The van der Waals surface area contributed by atoms with Crippen molar-refractivity contribution >= 4 is 24.0 Å². The Balaban J connectivity index is 0. The predicted octanol–water partition coefficient (Wildman–Crippen LogP) is 7.43. The molecule has 0 spiro atoms. The van der Waals surface area contributed by atoms with Crippen LogP contribution in [0.5, 0.6) is 0 Å². The van der Waals surface area contributed by atoms with E-state index in [1.165, 1.54) is 96.3 Å². The summed E-state index contributed by atoms with van der Waals surface area (Å²) in [5.74, 6) is 0. The molecule has 0 radical (unpaired) electrons. The third-order valence-electron chi connectivity index (χ3n) is 4.76. The largest absolute Gasteiger partial charge is 0.306 e. The molecular formula is C20H44IN. The van der Waals surface area contributed by atoms with E-state index in [1.807, 2.05) is 0 Å². The maximum atomic E-state index is 2.46. The van der Waals surface area contributed by atoms with Crippen molar-refractivity contribution in [3.05, 3.63) is 0 Å². The van der Waals surface area contributed by atoms with Gasteiger partial charge in [-0.25, -0.2) is 0 Å². The van der Waals surface area contributed by atoms with Gasteiger partial charge in [-0.2, -0.15) is 0 Å². The molecule has 2 heteroatoms. The summed E-state index contributed by atoms with van der Waals surface area (Å²) in [5.41, 5.74) is 0. The third kappa shape index (κ3) is 17.1. The van der Waals surface area contributed by atoms with Crippen LogP contribution >= 0.6 is 24.0 Å². The molecule has 0 saturated carbocycles. The van der Waals surface area contributed by atoms with Gasteiger partial charge in [0, 0.05) is 6.04 Å². The highest BCUT2D eigenvalue weighted by atomic mass is 127. The minimum atomic E-state index is 0. The van der Waals surface area contributed by atoms with Crippen molar-refractivity contribution in [2.24, 2.45) is 0 Å². The number of hydrogen-bond donors (Lipinski definition) is 0. The molecule has 1 nitrogen and oxygen atoms in total. The van der Waals surface area contributed by atoms with Crippen molar-refractivity contribution in [1.29, 1.82) is 0 Å². The van der Waals surface area contributed by atoms with Gasteiger partial charge in [0.15, 0.2) is 0 Å². The fraction of sp³-hybridized carbons (Fsp3) is 1.00. The first-order valence-electron chi connectivity index (χ1n) is 9.88. The van der Waals surface area contributed by atoms with Crippen LogP contribution in [-0.4, -0.2) is 25.0 Å². The molecule has 0 bridgehead atoms. The van der Waals surface area contributed by atoms with Crippen LogP contribution in [0.3, 0.4) is 0 Å². The molecule has 0 saturated heterocycles. The van der Waals surface area contributed by atoms with Gasteiger partial charge < -0.3 is 4.90 Å². The van der Waals surface area contributed by atoms with E-state index in [2.05, 4.69) is 32.8 Å². The average Bonchev–Trinajstić information content (AvgIpc) is 2.47. The van der Waals surface area contributed by atoms with Gasteiger partial charge in [0.2, 0.25) is 0 Å². The standard InChI is InChI=1S/C20H43N.HI/c1-5-7-9-11-13-15-17-19-20(21(3)4)18-16-14-12-10-8-6-2;/h20H,5-19H2,1-4H3;1H. The second-order valence-corrected chi connectivity index (χ2v) is 7.08. The zero-order chi connectivity index (χ0) is 15.8. The Bertz CT molecular complexity index is 194. The molecule has 0 aromatic heterocycles. The normalized spacial score (nSPS) is 12.4. The van der Waals surface area contributed by atoms with Crippen LogP contribution in [0.2, 0.25) is 0 Å². The first-order chi connectivity index (χ1) is 10.2. The molecule has 0 heterocycles. The van der Waals surface area contributed by atoms with Gasteiger partial charge in [0.25, 0.3) is 0 Å². The van der Waals surface area contributed by atoms with Gasteiger partial charge in [-0.3, -0.25) is 0 Å². The molecule has 136 valence electrons. The topological polar surface area (TPSA) is 3.24 Å².